The number of amides is 1. The number of anilines is 1. The molecule has 0 spiro atoms. The molecule has 3 N–H and O–H groups in total. The molecule has 0 aromatic carbocycles. The molecule has 0 unspecified atom stereocenters. The zero-order chi connectivity index (χ0) is 14.5. The molecule has 2 heterocycles. The first-order chi connectivity index (χ1) is 9.61. The number of aryl methyl sites for hydroxylation is 2. The van der Waals surface area contributed by atoms with E-state index in [1.165, 1.54) is 11.3 Å². The van der Waals surface area contributed by atoms with Crippen LogP contribution in [0, 0.1) is 25.7 Å². The van der Waals surface area contributed by atoms with Crippen LogP contribution in [0.15, 0.2) is 24.4 Å². The second kappa shape index (κ2) is 6.33. The maximum Gasteiger partial charge on any atom is 0.266 e. The van der Waals surface area contributed by atoms with Crippen LogP contribution in [0.4, 0.5) is 5.82 Å². The van der Waals surface area contributed by atoms with Crippen LogP contribution in [-0.4, -0.2) is 17.4 Å². The summed E-state index contributed by atoms with van der Waals surface area (Å²) < 4.78 is 0. The van der Waals surface area contributed by atoms with Gasteiger partial charge < -0.3 is 11.1 Å². The third kappa shape index (κ3) is 3.23. The van der Waals surface area contributed by atoms with Crippen molar-refractivity contribution in [1.29, 1.82) is 0 Å². The average molecular weight is 285 g/mol. The van der Waals surface area contributed by atoms with Crippen molar-refractivity contribution in [1.82, 2.24) is 4.98 Å². The lowest BCUT2D eigenvalue weighted by molar-refractivity contribution is 0.103. The van der Waals surface area contributed by atoms with Crippen molar-refractivity contribution in [2.75, 3.05) is 11.9 Å². The predicted octanol–water partition coefficient (Wildman–Crippen LogP) is 2.32. The fourth-order valence-electron chi connectivity index (χ4n) is 1.64. The highest BCUT2D eigenvalue weighted by Crippen LogP contribution is 2.22. The minimum absolute atomic E-state index is 0.166. The fraction of sp³-hybridized carbons (Fsp3) is 0.200. The second-order valence-electron chi connectivity index (χ2n) is 4.25. The number of pyridine rings is 1. The maximum atomic E-state index is 12.2. The molecule has 0 radical (unpaired) electrons. The molecular weight excluding hydrogens is 270 g/mol. The lowest BCUT2D eigenvalue weighted by atomic mass is 10.2. The van der Waals surface area contributed by atoms with Gasteiger partial charge in [-0.3, -0.25) is 4.79 Å². The molecule has 2 aromatic heterocycles. The lowest BCUT2D eigenvalue weighted by Crippen LogP contribution is -2.12. The summed E-state index contributed by atoms with van der Waals surface area (Å²) in [6, 6.07) is 5.57. The van der Waals surface area contributed by atoms with E-state index in [1.54, 1.807) is 6.20 Å². The van der Waals surface area contributed by atoms with Crippen molar-refractivity contribution in [3.63, 3.8) is 0 Å². The zero-order valence-electron chi connectivity index (χ0n) is 11.4. The molecule has 0 aliphatic heterocycles. The van der Waals surface area contributed by atoms with Gasteiger partial charge in [0, 0.05) is 6.20 Å². The topological polar surface area (TPSA) is 68.0 Å². The Hall–Kier alpha value is -2.16. The number of nitrogens with two attached hydrogens (primary N) is 1. The van der Waals surface area contributed by atoms with Gasteiger partial charge >= 0.3 is 0 Å². The van der Waals surface area contributed by atoms with Crippen molar-refractivity contribution in [2.24, 2.45) is 5.73 Å². The number of rotatable bonds is 2. The van der Waals surface area contributed by atoms with Crippen LogP contribution in [0.1, 0.15) is 25.7 Å². The number of hydrogen-bond acceptors (Lipinski definition) is 4. The number of nitrogens with one attached hydrogen (secondary N) is 1. The van der Waals surface area contributed by atoms with E-state index in [4.69, 9.17) is 5.73 Å². The SMILES string of the molecule is Cc1cccnc1NC(=O)c1cc(C)c(C#CCN)s1. The van der Waals surface area contributed by atoms with Gasteiger partial charge in [-0.1, -0.05) is 17.9 Å². The van der Waals surface area contributed by atoms with Crippen molar-refractivity contribution < 1.29 is 4.79 Å². The molecule has 1 amide bonds. The summed E-state index contributed by atoms with van der Waals surface area (Å²) in [4.78, 5) is 17.8. The van der Waals surface area contributed by atoms with Crippen LogP contribution in [0.2, 0.25) is 0 Å². The highest BCUT2D eigenvalue weighted by atomic mass is 32.1. The van der Waals surface area contributed by atoms with Crippen LogP contribution in [-0.2, 0) is 0 Å². The molecule has 102 valence electrons. The maximum absolute atomic E-state index is 12.2. The van der Waals surface area contributed by atoms with Gasteiger partial charge in [-0.05, 0) is 37.1 Å². The van der Waals surface area contributed by atoms with Gasteiger partial charge in [-0.15, -0.1) is 11.3 Å². The molecular formula is C15H15N3OS. The van der Waals surface area contributed by atoms with Crippen molar-refractivity contribution in [3.05, 3.63) is 45.3 Å². The first-order valence-electron chi connectivity index (χ1n) is 6.14. The Balaban J connectivity index is 2.20. The van der Waals surface area contributed by atoms with Crippen LogP contribution in [0.25, 0.3) is 0 Å². The Labute approximate surface area is 122 Å². The summed E-state index contributed by atoms with van der Waals surface area (Å²) in [6.07, 6.45) is 1.65. The number of carbonyl (C=O) groups is 1. The van der Waals surface area contributed by atoms with E-state index >= 15 is 0 Å². The van der Waals surface area contributed by atoms with Crippen molar-refractivity contribution in [3.8, 4) is 11.8 Å². The predicted molar refractivity (Wildman–Crippen MR) is 81.9 cm³/mol. The summed E-state index contributed by atoms with van der Waals surface area (Å²) in [5.41, 5.74) is 7.27. The van der Waals surface area contributed by atoms with Crippen molar-refractivity contribution in [2.45, 2.75) is 13.8 Å². The standard InChI is InChI=1S/C15H15N3OS/c1-10-5-4-8-17-14(10)18-15(19)13-9-11(2)12(20-13)6-3-7-16/h4-5,8-9H,7,16H2,1-2H3,(H,17,18,19). The molecule has 5 heteroatoms. The molecule has 0 fully saturated rings. The highest BCUT2D eigenvalue weighted by molar-refractivity contribution is 7.14. The van der Waals surface area contributed by atoms with Crippen molar-refractivity contribution >= 4 is 23.1 Å². The molecule has 0 bridgehead atoms. The Bertz CT molecular complexity index is 695. The highest BCUT2D eigenvalue weighted by Gasteiger charge is 2.13. The van der Waals surface area contributed by atoms with E-state index in [2.05, 4.69) is 22.1 Å². The summed E-state index contributed by atoms with van der Waals surface area (Å²) in [7, 11) is 0. The van der Waals surface area contributed by atoms with E-state index in [1.807, 2.05) is 32.0 Å². The number of carbonyl (C=O) groups excluding carboxylic acids is 1. The van der Waals surface area contributed by atoms with Gasteiger partial charge in [0.1, 0.15) is 5.82 Å². The van der Waals surface area contributed by atoms with E-state index in [0.29, 0.717) is 17.2 Å². The first kappa shape index (κ1) is 14.3. The van der Waals surface area contributed by atoms with E-state index in [0.717, 1.165) is 16.0 Å². The molecule has 20 heavy (non-hydrogen) atoms. The summed E-state index contributed by atoms with van der Waals surface area (Å²) in [5.74, 6) is 6.19. The average Bonchev–Trinajstić information content (AvgIpc) is 2.80. The number of hydrogen-bond donors (Lipinski definition) is 2. The number of aromatic nitrogens is 1. The van der Waals surface area contributed by atoms with Gasteiger partial charge in [0.2, 0.25) is 0 Å². The second-order valence-corrected chi connectivity index (χ2v) is 5.30. The van der Waals surface area contributed by atoms with Gasteiger partial charge in [-0.25, -0.2) is 4.98 Å². The largest absolute Gasteiger partial charge is 0.320 e. The molecule has 0 atom stereocenters. The minimum Gasteiger partial charge on any atom is -0.320 e. The molecule has 0 saturated carbocycles. The Morgan fingerprint density at radius 1 is 1.45 bits per heavy atom. The van der Waals surface area contributed by atoms with E-state index in [-0.39, 0.29) is 5.91 Å². The van der Waals surface area contributed by atoms with Crippen LogP contribution in [0.5, 0.6) is 0 Å². The van der Waals surface area contributed by atoms with Crippen LogP contribution >= 0.6 is 11.3 Å². The van der Waals surface area contributed by atoms with Gasteiger partial charge in [0.25, 0.3) is 5.91 Å². The molecule has 2 aromatic rings. The van der Waals surface area contributed by atoms with Gasteiger partial charge in [0.05, 0.1) is 16.3 Å². The van der Waals surface area contributed by atoms with E-state index < -0.39 is 0 Å². The molecule has 0 aliphatic rings. The Morgan fingerprint density at radius 3 is 2.95 bits per heavy atom. The number of nitrogens with zero attached hydrogens (tertiary/aromatic N) is 1. The smallest absolute Gasteiger partial charge is 0.266 e. The molecule has 0 saturated heterocycles. The first-order valence-corrected chi connectivity index (χ1v) is 6.96. The van der Waals surface area contributed by atoms with Crippen LogP contribution < -0.4 is 11.1 Å². The molecule has 4 nitrogen and oxygen atoms in total. The van der Waals surface area contributed by atoms with Crippen LogP contribution in [0.3, 0.4) is 0 Å². The lowest BCUT2D eigenvalue weighted by Gasteiger charge is -2.04. The third-order valence-corrected chi connectivity index (χ3v) is 3.84. The molecule has 0 aliphatic carbocycles. The molecule has 2 rings (SSSR count). The number of thiophene rings is 1. The zero-order valence-corrected chi connectivity index (χ0v) is 12.2. The quantitative estimate of drug-likeness (QED) is 0.832. The Kier molecular flexibility index (Phi) is 4.51. The monoisotopic (exact) mass is 285 g/mol. The summed E-state index contributed by atoms with van der Waals surface area (Å²) >= 11 is 1.36. The van der Waals surface area contributed by atoms with Gasteiger partial charge in [-0.2, -0.15) is 0 Å². The normalized spacial score (nSPS) is 9.75. The Morgan fingerprint density at radius 2 is 2.25 bits per heavy atom. The third-order valence-electron chi connectivity index (χ3n) is 2.69. The summed E-state index contributed by atoms with van der Waals surface area (Å²) in [6.45, 7) is 4.15. The minimum atomic E-state index is -0.166. The fourth-order valence-corrected chi connectivity index (χ4v) is 2.58. The summed E-state index contributed by atoms with van der Waals surface area (Å²) in [5, 5.41) is 2.81. The van der Waals surface area contributed by atoms with E-state index in [9.17, 15) is 4.79 Å². The van der Waals surface area contributed by atoms with Gasteiger partial charge in [0.15, 0.2) is 0 Å².